The Morgan fingerprint density at radius 2 is 1.96 bits per heavy atom. The van der Waals surface area contributed by atoms with Gasteiger partial charge in [-0.25, -0.2) is 9.48 Å². The molecule has 2 rings (SSSR count). The van der Waals surface area contributed by atoms with E-state index in [-0.39, 0.29) is 19.0 Å². The van der Waals surface area contributed by atoms with Crippen LogP contribution in [0.2, 0.25) is 0 Å². The number of carbonyl (C=O) groups excluding carboxylic acids is 2. The van der Waals surface area contributed by atoms with Crippen molar-refractivity contribution in [3.8, 4) is 5.69 Å². The van der Waals surface area contributed by atoms with Crippen molar-refractivity contribution < 1.29 is 14.3 Å². The van der Waals surface area contributed by atoms with Gasteiger partial charge in [0.05, 0.1) is 5.69 Å². The van der Waals surface area contributed by atoms with Crippen LogP contribution in [0.4, 0.5) is 4.79 Å². The van der Waals surface area contributed by atoms with Crippen molar-refractivity contribution in [2.45, 2.75) is 26.4 Å². The maximum Gasteiger partial charge on any atom is 0.407 e. The van der Waals surface area contributed by atoms with E-state index in [9.17, 15) is 9.59 Å². The van der Waals surface area contributed by atoms with Crippen molar-refractivity contribution in [2.24, 2.45) is 0 Å². The molecule has 0 saturated carbocycles. The van der Waals surface area contributed by atoms with Gasteiger partial charge in [0.2, 0.25) is 0 Å². The van der Waals surface area contributed by atoms with Crippen molar-refractivity contribution in [2.75, 3.05) is 13.1 Å². The number of hydrogen-bond donors (Lipinski definition) is 2. The molecular formula is C15H20N6O3. The zero-order valence-corrected chi connectivity index (χ0v) is 13.8. The molecule has 0 aliphatic heterocycles. The van der Waals surface area contributed by atoms with E-state index in [1.165, 1.54) is 11.0 Å². The molecule has 0 fully saturated rings. The second kappa shape index (κ2) is 7.53. The van der Waals surface area contributed by atoms with Crippen LogP contribution in [-0.4, -0.2) is 50.9 Å². The Morgan fingerprint density at radius 3 is 2.62 bits per heavy atom. The first kappa shape index (κ1) is 17.4. The minimum atomic E-state index is -0.552. The molecule has 128 valence electrons. The highest BCUT2D eigenvalue weighted by Gasteiger charge is 2.15. The lowest BCUT2D eigenvalue weighted by atomic mass is 10.2. The normalized spacial score (nSPS) is 11.0. The molecule has 0 saturated heterocycles. The van der Waals surface area contributed by atoms with E-state index in [0.717, 1.165) is 0 Å². The standard InChI is InChI=1S/C15H20N6O3/c1-15(2,3)24-14(23)17-8-7-16-13(22)11-5-4-6-12(9-11)21-10-18-19-20-21/h4-6,9-10H,7-8H2,1-3H3,(H,16,22)(H,17,23). The number of aromatic nitrogens is 4. The summed E-state index contributed by atoms with van der Waals surface area (Å²) in [6.07, 6.45) is 0.930. The van der Waals surface area contributed by atoms with Gasteiger partial charge in [-0.2, -0.15) is 0 Å². The Labute approximate surface area is 139 Å². The van der Waals surface area contributed by atoms with Gasteiger partial charge in [-0.3, -0.25) is 4.79 Å². The SMILES string of the molecule is CC(C)(C)OC(=O)NCCNC(=O)c1cccc(-n2cnnn2)c1. The van der Waals surface area contributed by atoms with Gasteiger partial charge in [0.15, 0.2) is 0 Å². The second-order valence-corrected chi connectivity index (χ2v) is 5.99. The van der Waals surface area contributed by atoms with E-state index in [2.05, 4.69) is 26.2 Å². The smallest absolute Gasteiger partial charge is 0.407 e. The molecular weight excluding hydrogens is 312 g/mol. The Bertz CT molecular complexity index is 693. The van der Waals surface area contributed by atoms with Crippen LogP contribution in [-0.2, 0) is 4.74 Å². The maximum atomic E-state index is 12.1. The molecule has 9 nitrogen and oxygen atoms in total. The predicted molar refractivity (Wildman–Crippen MR) is 85.7 cm³/mol. The third-order valence-electron chi connectivity index (χ3n) is 2.80. The van der Waals surface area contributed by atoms with Crippen molar-refractivity contribution in [1.29, 1.82) is 0 Å². The van der Waals surface area contributed by atoms with Crippen LogP contribution in [0.15, 0.2) is 30.6 Å². The summed E-state index contributed by atoms with van der Waals surface area (Å²) in [4.78, 5) is 23.6. The molecule has 0 aliphatic rings. The lowest BCUT2D eigenvalue weighted by Gasteiger charge is -2.19. The van der Waals surface area contributed by atoms with Crippen molar-refractivity contribution >= 4 is 12.0 Å². The molecule has 2 N–H and O–H groups in total. The molecule has 0 atom stereocenters. The average Bonchev–Trinajstić information content (AvgIpc) is 3.04. The monoisotopic (exact) mass is 332 g/mol. The molecule has 0 unspecified atom stereocenters. The molecule has 1 aromatic heterocycles. The minimum absolute atomic E-state index is 0.254. The van der Waals surface area contributed by atoms with Crippen molar-refractivity contribution in [3.05, 3.63) is 36.2 Å². The molecule has 2 amide bonds. The quantitative estimate of drug-likeness (QED) is 0.788. The largest absolute Gasteiger partial charge is 0.444 e. The van der Waals surface area contributed by atoms with Crippen LogP contribution >= 0.6 is 0 Å². The fraction of sp³-hybridized carbons (Fsp3) is 0.400. The number of rotatable bonds is 5. The van der Waals surface area contributed by atoms with Gasteiger partial charge < -0.3 is 15.4 Å². The summed E-state index contributed by atoms with van der Waals surface area (Å²) < 4.78 is 6.56. The van der Waals surface area contributed by atoms with E-state index in [1.54, 1.807) is 45.0 Å². The van der Waals surface area contributed by atoms with Crippen molar-refractivity contribution in [3.63, 3.8) is 0 Å². The molecule has 0 aliphatic carbocycles. The molecule has 0 spiro atoms. The zero-order valence-electron chi connectivity index (χ0n) is 13.8. The molecule has 24 heavy (non-hydrogen) atoms. The topological polar surface area (TPSA) is 111 Å². The van der Waals surface area contributed by atoms with E-state index >= 15 is 0 Å². The number of alkyl carbamates (subject to hydrolysis) is 1. The Hall–Kier alpha value is -2.97. The lowest BCUT2D eigenvalue weighted by molar-refractivity contribution is 0.0526. The first-order chi connectivity index (χ1) is 11.3. The van der Waals surface area contributed by atoms with Crippen molar-refractivity contribution in [1.82, 2.24) is 30.8 Å². The molecule has 0 bridgehead atoms. The number of tetrazole rings is 1. The summed E-state index contributed by atoms with van der Waals surface area (Å²) in [5.74, 6) is -0.254. The zero-order chi connectivity index (χ0) is 17.6. The predicted octanol–water partition coefficient (Wildman–Crippen LogP) is 0.917. The fourth-order valence-corrected chi connectivity index (χ4v) is 1.83. The molecule has 9 heteroatoms. The summed E-state index contributed by atoms with van der Waals surface area (Å²) in [5, 5.41) is 16.2. The molecule has 1 heterocycles. The Balaban J connectivity index is 1.81. The highest BCUT2D eigenvalue weighted by Crippen LogP contribution is 2.08. The van der Waals surface area contributed by atoms with Crippen LogP contribution in [0.1, 0.15) is 31.1 Å². The van der Waals surface area contributed by atoms with Gasteiger partial charge in [-0.15, -0.1) is 5.10 Å². The third-order valence-corrected chi connectivity index (χ3v) is 2.80. The fourth-order valence-electron chi connectivity index (χ4n) is 1.83. The first-order valence-corrected chi connectivity index (χ1v) is 7.43. The molecule has 1 aromatic carbocycles. The van der Waals surface area contributed by atoms with E-state index in [1.807, 2.05) is 0 Å². The minimum Gasteiger partial charge on any atom is -0.444 e. The summed E-state index contributed by atoms with van der Waals surface area (Å²) in [6.45, 7) is 5.91. The van der Waals surface area contributed by atoms with Crippen LogP contribution in [0.3, 0.4) is 0 Å². The van der Waals surface area contributed by atoms with Crippen LogP contribution in [0.5, 0.6) is 0 Å². The van der Waals surface area contributed by atoms with Gasteiger partial charge in [0.1, 0.15) is 11.9 Å². The summed E-state index contributed by atoms with van der Waals surface area (Å²) in [7, 11) is 0. The number of carbonyl (C=O) groups is 2. The summed E-state index contributed by atoms with van der Waals surface area (Å²) >= 11 is 0. The number of ether oxygens (including phenoxy) is 1. The van der Waals surface area contributed by atoms with E-state index < -0.39 is 11.7 Å². The number of benzene rings is 1. The molecule has 2 aromatic rings. The maximum absolute atomic E-state index is 12.1. The summed E-state index contributed by atoms with van der Waals surface area (Å²) in [6, 6.07) is 6.89. The number of hydrogen-bond acceptors (Lipinski definition) is 6. The summed E-state index contributed by atoms with van der Waals surface area (Å²) in [5.41, 5.74) is 0.601. The number of nitrogens with one attached hydrogen (secondary N) is 2. The van der Waals surface area contributed by atoms with Crippen LogP contribution in [0.25, 0.3) is 5.69 Å². The van der Waals surface area contributed by atoms with Gasteiger partial charge in [0.25, 0.3) is 5.91 Å². The van der Waals surface area contributed by atoms with Crippen LogP contribution in [0, 0.1) is 0 Å². The molecule has 0 radical (unpaired) electrons. The average molecular weight is 332 g/mol. The number of amides is 2. The van der Waals surface area contributed by atoms with Crippen LogP contribution < -0.4 is 10.6 Å². The second-order valence-electron chi connectivity index (χ2n) is 5.99. The van der Waals surface area contributed by atoms with E-state index in [0.29, 0.717) is 11.3 Å². The van der Waals surface area contributed by atoms with Gasteiger partial charge >= 0.3 is 6.09 Å². The third kappa shape index (κ3) is 5.34. The Morgan fingerprint density at radius 1 is 1.21 bits per heavy atom. The van der Waals surface area contributed by atoms with Gasteiger partial charge in [-0.1, -0.05) is 6.07 Å². The first-order valence-electron chi connectivity index (χ1n) is 7.43. The van der Waals surface area contributed by atoms with Gasteiger partial charge in [-0.05, 0) is 49.4 Å². The highest BCUT2D eigenvalue weighted by atomic mass is 16.6. The lowest BCUT2D eigenvalue weighted by Crippen LogP contribution is -2.37. The highest BCUT2D eigenvalue weighted by molar-refractivity contribution is 5.94. The van der Waals surface area contributed by atoms with Gasteiger partial charge in [0, 0.05) is 18.7 Å². The van der Waals surface area contributed by atoms with E-state index in [4.69, 9.17) is 4.74 Å². The Kier molecular flexibility index (Phi) is 5.46. The number of nitrogens with zero attached hydrogens (tertiary/aromatic N) is 4.